The van der Waals surface area contributed by atoms with Gasteiger partial charge >= 0.3 is 18.3 Å². The average Bonchev–Trinajstić information content (AvgIpc) is 3.19. The maximum Gasteiger partial charge on any atom is 0.391 e. The molecule has 40 heavy (non-hydrogen) atoms. The van der Waals surface area contributed by atoms with Crippen molar-refractivity contribution in [1.29, 1.82) is 0 Å². The Kier molecular flexibility index (Phi) is 8.40. The molecule has 0 amide bonds. The molecule has 7 nitrogen and oxygen atoms in total. The van der Waals surface area contributed by atoms with Crippen LogP contribution in [-0.2, 0) is 13.6 Å². The number of imidazole rings is 1. The van der Waals surface area contributed by atoms with Crippen LogP contribution in [0.15, 0.2) is 24.3 Å². The van der Waals surface area contributed by atoms with E-state index < -0.39 is 37.2 Å². The highest BCUT2D eigenvalue weighted by molar-refractivity contribution is 6.39. The second-order valence-electron chi connectivity index (χ2n) is 9.53. The molecule has 1 fully saturated rings. The van der Waals surface area contributed by atoms with Crippen LogP contribution in [0.1, 0.15) is 35.2 Å². The first-order valence-corrected chi connectivity index (χ1v) is 12.9. The third-order valence-corrected chi connectivity index (χ3v) is 7.73. The molecule has 0 saturated carbocycles. The molecule has 3 aromatic rings. The van der Waals surface area contributed by atoms with Gasteiger partial charge in [0.05, 0.1) is 50.4 Å². The quantitative estimate of drug-likeness (QED) is 0.282. The number of nitrogens with zero attached hydrogens (tertiary/aromatic N) is 4. The predicted molar refractivity (Wildman–Crippen MR) is 141 cm³/mol. The summed E-state index contributed by atoms with van der Waals surface area (Å²) in [5.74, 6) is -2.80. The number of halogens is 8. The maximum atomic E-state index is 13.3. The molecule has 1 aliphatic heterocycles. The summed E-state index contributed by atoms with van der Waals surface area (Å²) in [6.45, 7) is -0.655. The number of aromatic carboxylic acids is 1. The zero-order chi connectivity index (χ0) is 29.6. The van der Waals surface area contributed by atoms with Crippen LogP contribution in [0.2, 0.25) is 10.0 Å². The molecule has 1 saturated heterocycles. The molecule has 0 spiro atoms. The van der Waals surface area contributed by atoms with Crippen LogP contribution in [0.4, 0.5) is 43.7 Å². The van der Waals surface area contributed by atoms with Crippen LogP contribution < -0.4 is 15.5 Å². The van der Waals surface area contributed by atoms with E-state index in [4.69, 9.17) is 28.9 Å². The molecule has 3 N–H and O–H groups in total. The van der Waals surface area contributed by atoms with Crippen LogP contribution in [0, 0.1) is 5.92 Å². The van der Waals surface area contributed by atoms with E-state index in [2.05, 4.69) is 4.98 Å². The summed E-state index contributed by atoms with van der Waals surface area (Å²) in [7, 11) is 1.53. The number of carboxylic acid groups (broad SMARTS) is 1. The monoisotopic (exact) mass is 611 g/mol. The lowest BCUT2D eigenvalue weighted by Crippen LogP contribution is -2.39. The Morgan fingerprint density at radius 3 is 2.35 bits per heavy atom. The van der Waals surface area contributed by atoms with Crippen molar-refractivity contribution >= 4 is 57.5 Å². The van der Waals surface area contributed by atoms with E-state index >= 15 is 0 Å². The summed E-state index contributed by atoms with van der Waals surface area (Å²) in [4.78, 5) is 19.3. The number of aryl methyl sites for hydroxylation is 1. The van der Waals surface area contributed by atoms with Crippen molar-refractivity contribution in [3.05, 3.63) is 45.4 Å². The normalized spacial score (nSPS) is 15.2. The summed E-state index contributed by atoms with van der Waals surface area (Å²) < 4.78 is 80.9. The summed E-state index contributed by atoms with van der Waals surface area (Å²) in [5.41, 5.74) is 6.75. The first-order valence-electron chi connectivity index (χ1n) is 12.2. The van der Waals surface area contributed by atoms with Crippen molar-refractivity contribution in [2.24, 2.45) is 18.7 Å². The van der Waals surface area contributed by atoms with Gasteiger partial charge in [-0.25, -0.2) is 9.78 Å². The van der Waals surface area contributed by atoms with Crippen LogP contribution in [-0.4, -0.2) is 52.6 Å². The molecule has 0 unspecified atom stereocenters. The Morgan fingerprint density at radius 1 is 1.15 bits per heavy atom. The second kappa shape index (κ2) is 11.2. The highest BCUT2D eigenvalue weighted by Crippen LogP contribution is 2.42. The standard InChI is InChI=1S/C25H25Cl2F6N5O2/c1-36-19-11-18(37-7-4-14(5-8-37)25(31,32)33)15(22(39)40)10-17(19)35-23(36)38(9-6-24(28,29)30)21-16(26)3-2-13(12-34)20(21)27/h2-3,10-11,14H,4-9,12,34H2,1H3,(H,39,40). The Balaban J connectivity index is 1.83. The Hall–Kier alpha value is -2.90. The van der Waals surface area contributed by atoms with Gasteiger partial charge < -0.3 is 25.2 Å². The Bertz CT molecular complexity index is 1420. The van der Waals surface area contributed by atoms with Gasteiger partial charge in [0.25, 0.3) is 0 Å². The molecule has 0 aliphatic carbocycles. The van der Waals surface area contributed by atoms with Crippen LogP contribution >= 0.6 is 23.2 Å². The fourth-order valence-corrected chi connectivity index (χ4v) is 5.53. The molecule has 0 bridgehead atoms. The number of rotatable bonds is 7. The molecule has 0 atom stereocenters. The number of carboxylic acids is 1. The minimum atomic E-state index is -4.53. The first kappa shape index (κ1) is 30.1. The fourth-order valence-electron chi connectivity index (χ4n) is 4.87. The summed E-state index contributed by atoms with van der Waals surface area (Å²) >= 11 is 12.9. The molecular formula is C25H25Cl2F6N5O2. The van der Waals surface area contributed by atoms with E-state index in [9.17, 15) is 36.2 Å². The summed E-state index contributed by atoms with van der Waals surface area (Å²) in [5, 5.41) is 9.98. The van der Waals surface area contributed by atoms with Gasteiger partial charge in [-0.1, -0.05) is 29.3 Å². The molecule has 0 radical (unpaired) electrons. The van der Waals surface area contributed by atoms with Crippen molar-refractivity contribution in [1.82, 2.24) is 9.55 Å². The molecule has 2 aromatic carbocycles. The lowest BCUT2D eigenvalue weighted by atomic mass is 9.95. The van der Waals surface area contributed by atoms with Gasteiger partial charge in [0.15, 0.2) is 0 Å². The van der Waals surface area contributed by atoms with Crippen LogP contribution in [0.3, 0.4) is 0 Å². The van der Waals surface area contributed by atoms with Gasteiger partial charge in [0, 0.05) is 33.2 Å². The third kappa shape index (κ3) is 6.06. The van der Waals surface area contributed by atoms with Gasteiger partial charge in [-0.15, -0.1) is 0 Å². The van der Waals surface area contributed by atoms with E-state index in [0.29, 0.717) is 11.1 Å². The molecule has 4 rings (SSSR count). The minimum Gasteiger partial charge on any atom is -0.478 e. The molecule has 2 heterocycles. The van der Waals surface area contributed by atoms with Gasteiger partial charge in [-0.2, -0.15) is 26.3 Å². The van der Waals surface area contributed by atoms with Crippen molar-refractivity contribution in [3.8, 4) is 0 Å². The number of hydrogen-bond donors (Lipinski definition) is 2. The SMILES string of the molecule is Cn1c(N(CCC(F)(F)F)c2c(Cl)ccc(CN)c2Cl)nc2cc(C(=O)O)c(N3CCC(C(F)(F)F)CC3)cc21. The van der Waals surface area contributed by atoms with Gasteiger partial charge in [-0.3, -0.25) is 0 Å². The number of alkyl halides is 6. The first-order chi connectivity index (χ1) is 18.6. The van der Waals surface area contributed by atoms with Crippen molar-refractivity contribution in [2.45, 2.75) is 38.2 Å². The zero-order valence-electron chi connectivity index (χ0n) is 21.1. The van der Waals surface area contributed by atoms with E-state index in [0.717, 1.165) is 0 Å². The molecule has 218 valence electrons. The van der Waals surface area contributed by atoms with E-state index in [1.54, 1.807) is 11.0 Å². The lowest BCUT2D eigenvalue weighted by Gasteiger charge is -2.35. The smallest absolute Gasteiger partial charge is 0.391 e. The average molecular weight is 612 g/mol. The van der Waals surface area contributed by atoms with Crippen molar-refractivity contribution in [3.63, 3.8) is 0 Å². The van der Waals surface area contributed by atoms with Gasteiger partial charge in [-0.05, 0) is 36.6 Å². The van der Waals surface area contributed by atoms with Crippen molar-refractivity contribution < 1.29 is 36.2 Å². The van der Waals surface area contributed by atoms with Crippen LogP contribution in [0.25, 0.3) is 11.0 Å². The van der Waals surface area contributed by atoms with E-state index in [-0.39, 0.29) is 70.9 Å². The Morgan fingerprint density at radius 2 is 1.80 bits per heavy atom. The molecular weight excluding hydrogens is 587 g/mol. The number of anilines is 3. The number of fused-ring (bicyclic) bond motifs is 1. The Labute approximate surface area is 235 Å². The summed E-state index contributed by atoms with van der Waals surface area (Å²) in [6, 6.07) is 5.75. The molecule has 15 heteroatoms. The number of nitrogens with two attached hydrogens (primary N) is 1. The highest BCUT2D eigenvalue weighted by atomic mass is 35.5. The fraction of sp³-hybridized carbons (Fsp3) is 0.440. The lowest BCUT2D eigenvalue weighted by molar-refractivity contribution is -0.179. The van der Waals surface area contributed by atoms with Gasteiger partial charge in [0.2, 0.25) is 5.95 Å². The van der Waals surface area contributed by atoms with Gasteiger partial charge in [0.1, 0.15) is 0 Å². The summed E-state index contributed by atoms with van der Waals surface area (Å²) in [6.07, 6.45) is -10.5. The maximum absolute atomic E-state index is 13.3. The zero-order valence-corrected chi connectivity index (χ0v) is 22.6. The number of benzene rings is 2. The number of aromatic nitrogens is 2. The van der Waals surface area contributed by atoms with Crippen LogP contribution in [0.5, 0.6) is 0 Å². The molecule has 1 aromatic heterocycles. The van der Waals surface area contributed by atoms with E-state index in [1.807, 2.05) is 0 Å². The topological polar surface area (TPSA) is 87.6 Å². The number of hydrogen-bond acceptors (Lipinski definition) is 5. The third-order valence-electron chi connectivity index (χ3n) is 7.00. The molecule has 1 aliphatic rings. The number of carbonyl (C=O) groups is 1. The highest BCUT2D eigenvalue weighted by Gasteiger charge is 2.41. The second-order valence-corrected chi connectivity index (χ2v) is 10.3. The largest absolute Gasteiger partial charge is 0.478 e. The van der Waals surface area contributed by atoms with E-state index in [1.165, 1.54) is 34.7 Å². The predicted octanol–water partition coefficient (Wildman–Crippen LogP) is 6.91. The minimum absolute atomic E-state index is 0.00138. The van der Waals surface area contributed by atoms with Crippen molar-refractivity contribution in [2.75, 3.05) is 29.4 Å². The number of piperidine rings is 1.